The van der Waals surface area contributed by atoms with Crippen molar-refractivity contribution < 1.29 is 19.6 Å². The number of rotatable bonds is 7. The molecule has 15 nitrogen and oxygen atoms in total. The molecule has 1 atom stereocenters. The number of amides is 1. The quantitative estimate of drug-likeness (QED) is 0.245. The summed E-state index contributed by atoms with van der Waals surface area (Å²) in [7, 11) is 0. The van der Waals surface area contributed by atoms with E-state index in [4.69, 9.17) is 5.84 Å². The standard InChI is InChI=1S/C17H14N8O7/c18-22-15(17(26)20-9-1-3-10(4-2-9)23(27)28)16(25(31)32)14-8-19-12-6-5-11(24(29)30)7-13(12)21-14/h1-7,16,19H,8,18H2,(H,20,26)/b22-15+/t16-/m1/s1. The van der Waals surface area contributed by atoms with E-state index in [2.05, 4.69) is 20.7 Å². The van der Waals surface area contributed by atoms with Gasteiger partial charge in [0.25, 0.3) is 17.3 Å². The molecule has 32 heavy (non-hydrogen) atoms. The number of nitrogens with two attached hydrogens (primary N) is 1. The summed E-state index contributed by atoms with van der Waals surface area (Å²) in [5.41, 5.74) is -0.684. The van der Waals surface area contributed by atoms with Crippen LogP contribution in [0.1, 0.15) is 0 Å². The smallest absolute Gasteiger partial charge is 0.301 e. The molecule has 0 spiro atoms. The van der Waals surface area contributed by atoms with Gasteiger partial charge in [0.15, 0.2) is 0 Å². The Morgan fingerprint density at radius 2 is 1.69 bits per heavy atom. The third-order valence-electron chi connectivity index (χ3n) is 4.41. The van der Waals surface area contributed by atoms with Gasteiger partial charge in [-0.25, -0.2) is 4.99 Å². The first-order valence-electron chi connectivity index (χ1n) is 8.78. The summed E-state index contributed by atoms with van der Waals surface area (Å²) in [4.78, 5) is 48.1. The second-order valence-corrected chi connectivity index (χ2v) is 6.38. The molecule has 0 fully saturated rings. The third-order valence-corrected chi connectivity index (χ3v) is 4.41. The van der Waals surface area contributed by atoms with Crippen molar-refractivity contribution in [2.75, 3.05) is 17.2 Å². The van der Waals surface area contributed by atoms with Crippen molar-refractivity contribution in [1.29, 1.82) is 0 Å². The average Bonchev–Trinajstić information content (AvgIpc) is 2.76. The summed E-state index contributed by atoms with van der Waals surface area (Å²) in [6.45, 7) is -0.139. The summed E-state index contributed by atoms with van der Waals surface area (Å²) in [5, 5.41) is 41.9. The molecule has 0 aromatic heterocycles. The molecule has 1 heterocycles. The summed E-state index contributed by atoms with van der Waals surface area (Å²) in [5.74, 6) is 4.25. The number of hydrogen-bond donors (Lipinski definition) is 3. The van der Waals surface area contributed by atoms with Crippen molar-refractivity contribution in [2.24, 2.45) is 15.9 Å². The summed E-state index contributed by atoms with van der Waals surface area (Å²) >= 11 is 0. The van der Waals surface area contributed by atoms with E-state index in [-0.39, 0.29) is 35.0 Å². The number of fused-ring (bicyclic) bond motifs is 1. The van der Waals surface area contributed by atoms with Gasteiger partial charge in [0.2, 0.25) is 5.71 Å². The Morgan fingerprint density at radius 3 is 2.25 bits per heavy atom. The molecule has 0 saturated heterocycles. The van der Waals surface area contributed by atoms with Gasteiger partial charge in [0.1, 0.15) is 5.71 Å². The van der Waals surface area contributed by atoms with Crippen LogP contribution in [0.5, 0.6) is 0 Å². The minimum Gasteiger partial charge on any atom is -0.378 e. The number of hydrogen-bond acceptors (Lipinski definition) is 11. The molecule has 4 N–H and O–H groups in total. The van der Waals surface area contributed by atoms with Crippen molar-refractivity contribution in [2.45, 2.75) is 6.04 Å². The van der Waals surface area contributed by atoms with Gasteiger partial charge in [-0.3, -0.25) is 35.1 Å². The number of hydrazone groups is 1. The van der Waals surface area contributed by atoms with E-state index in [1.165, 1.54) is 24.3 Å². The maximum absolute atomic E-state index is 12.6. The molecule has 0 unspecified atom stereocenters. The minimum absolute atomic E-state index is 0.0828. The highest BCUT2D eigenvalue weighted by Gasteiger charge is 2.39. The highest BCUT2D eigenvalue weighted by Crippen LogP contribution is 2.32. The minimum atomic E-state index is -1.85. The highest BCUT2D eigenvalue weighted by molar-refractivity contribution is 6.48. The van der Waals surface area contributed by atoms with Crippen LogP contribution in [0, 0.1) is 30.3 Å². The van der Waals surface area contributed by atoms with Crippen molar-refractivity contribution in [1.82, 2.24) is 0 Å². The predicted octanol–water partition coefficient (Wildman–Crippen LogP) is 1.60. The molecule has 0 aliphatic carbocycles. The van der Waals surface area contributed by atoms with E-state index in [9.17, 15) is 35.1 Å². The van der Waals surface area contributed by atoms with Crippen LogP contribution in [0.4, 0.5) is 28.4 Å². The molecule has 0 saturated carbocycles. The Morgan fingerprint density at radius 1 is 1.06 bits per heavy atom. The molecule has 0 bridgehead atoms. The molecule has 2 aromatic carbocycles. The number of aliphatic imine (C=N–C) groups is 1. The topological polar surface area (TPSA) is 221 Å². The molecule has 2 aromatic rings. The Labute approximate surface area is 178 Å². The van der Waals surface area contributed by atoms with Crippen LogP contribution in [0.3, 0.4) is 0 Å². The largest absolute Gasteiger partial charge is 0.378 e. The molecule has 1 aliphatic rings. The van der Waals surface area contributed by atoms with Crippen LogP contribution in [0.2, 0.25) is 0 Å². The van der Waals surface area contributed by atoms with Crippen molar-refractivity contribution in [3.63, 3.8) is 0 Å². The first kappa shape index (κ1) is 21.8. The van der Waals surface area contributed by atoms with Gasteiger partial charge in [-0.2, -0.15) is 5.10 Å². The number of anilines is 2. The molecule has 15 heteroatoms. The van der Waals surface area contributed by atoms with E-state index in [0.717, 1.165) is 18.2 Å². The summed E-state index contributed by atoms with van der Waals surface area (Å²) < 4.78 is 0. The van der Waals surface area contributed by atoms with Crippen LogP contribution in [0.15, 0.2) is 52.6 Å². The number of carbonyl (C=O) groups excluding carboxylic acids is 1. The first-order valence-corrected chi connectivity index (χ1v) is 8.78. The maximum Gasteiger partial charge on any atom is 0.301 e. The fourth-order valence-electron chi connectivity index (χ4n) is 2.91. The lowest BCUT2D eigenvalue weighted by Gasteiger charge is -2.20. The zero-order chi connectivity index (χ0) is 23.4. The lowest BCUT2D eigenvalue weighted by molar-refractivity contribution is -0.484. The monoisotopic (exact) mass is 442 g/mol. The van der Waals surface area contributed by atoms with E-state index in [0.29, 0.717) is 5.69 Å². The van der Waals surface area contributed by atoms with Gasteiger partial charge in [0.05, 0.1) is 27.8 Å². The number of nitrogens with one attached hydrogen (secondary N) is 2. The highest BCUT2D eigenvalue weighted by atomic mass is 16.6. The lowest BCUT2D eigenvalue weighted by Crippen LogP contribution is -2.47. The maximum atomic E-state index is 12.6. The number of nitrogens with zero attached hydrogens (tertiary/aromatic N) is 5. The average molecular weight is 442 g/mol. The van der Waals surface area contributed by atoms with Crippen LogP contribution in [-0.4, -0.2) is 44.7 Å². The SMILES string of the molecule is N/N=C(/C(=O)Nc1ccc([N+](=O)[O-])cc1)[C@@H](C1=Nc2cc([N+](=O)[O-])ccc2NC1)[N+](=O)[O-]. The molecule has 1 aliphatic heterocycles. The molecule has 0 radical (unpaired) electrons. The van der Waals surface area contributed by atoms with Gasteiger partial charge in [-0.05, 0) is 18.2 Å². The van der Waals surface area contributed by atoms with Gasteiger partial charge in [-0.15, -0.1) is 0 Å². The van der Waals surface area contributed by atoms with Crippen molar-refractivity contribution in [3.05, 3.63) is 72.8 Å². The molecule has 164 valence electrons. The fraction of sp³-hybridized carbons (Fsp3) is 0.118. The van der Waals surface area contributed by atoms with Gasteiger partial charge < -0.3 is 16.5 Å². The van der Waals surface area contributed by atoms with Gasteiger partial charge >= 0.3 is 6.04 Å². The number of non-ortho nitro benzene ring substituents is 2. The van der Waals surface area contributed by atoms with Crippen LogP contribution < -0.4 is 16.5 Å². The Balaban J connectivity index is 1.90. The molecule has 3 rings (SSSR count). The number of benzene rings is 2. The molecular formula is C17H14N8O7. The zero-order valence-electron chi connectivity index (χ0n) is 16.0. The Hall–Kier alpha value is -4.95. The summed E-state index contributed by atoms with van der Waals surface area (Å²) in [6, 6.07) is 6.70. The normalized spacial score (nSPS) is 13.8. The van der Waals surface area contributed by atoms with E-state index >= 15 is 0 Å². The lowest BCUT2D eigenvalue weighted by atomic mass is 10.0. The number of nitro groups is 3. The predicted molar refractivity (Wildman–Crippen MR) is 113 cm³/mol. The van der Waals surface area contributed by atoms with Crippen molar-refractivity contribution in [3.8, 4) is 0 Å². The first-order chi connectivity index (χ1) is 15.2. The van der Waals surface area contributed by atoms with Crippen molar-refractivity contribution >= 4 is 45.8 Å². The van der Waals surface area contributed by atoms with Crippen LogP contribution in [0.25, 0.3) is 0 Å². The number of nitro benzene ring substituents is 2. The number of carbonyl (C=O) groups is 1. The Kier molecular flexibility index (Phi) is 6.00. The van der Waals surface area contributed by atoms with Gasteiger partial charge in [-0.1, -0.05) is 0 Å². The fourth-order valence-corrected chi connectivity index (χ4v) is 2.91. The van der Waals surface area contributed by atoms with E-state index in [1.54, 1.807) is 0 Å². The molecule has 1 amide bonds. The molecular weight excluding hydrogens is 428 g/mol. The zero-order valence-corrected chi connectivity index (χ0v) is 16.0. The Bertz CT molecular complexity index is 1180. The van der Waals surface area contributed by atoms with Crippen LogP contribution >= 0.6 is 0 Å². The summed E-state index contributed by atoms with van der Waals surface area (Å²) in [6.07, 6.45) is 0. The second kappa shape index (κ2) is 8.82. The van der Waals surface area contributed by atoms with Crippen LogP contribution in [-0.2, 0) is 4.79 Å². The van der Waals surface area contributed by atoms with E-state index in [1.807, 2.05) is 0 Å². The van der Waals surface area contributed by atoms with E-state index < -0.39 is 32.4 Å². The van der Waals surface area contributed by atoms with Gasteiger partial charge in [0, 0.05) is 34.9 Å². The third kappa shape index (κ3) is 4.45. The second-order valence-electron chi connectivity index (χ2n) is 6.38.